The molecule has 2 saturated carbocycles. The molecule has 3 aromatic carbocycles. The highest BCUT2D eigenvalue weighted by Crippen LogP contribution is 2.81. The highest BCUT2D eigenvalue weighted by molar-refractivity contribution is 6.32. The van der Waals surface area contributed by atoms with E-state index >= 15 is 0 Å². The molecular weight excluding hydrogens is 581 g/mol. The van der Waals surface area contributed by atoms with Crippen LogP contribution in [-0.4, -0.2) is 27.1 Å². The second kappa shape index (κ2) is 10.9. The van der Waals surface area contributed by atoms with Gasteiger partial charge in [0.05, 0.1) is 10.8 Å². The summed E-state index contributed by atoms with van der Waals surface area (Å²) in [7, 11) is 0. The number of carboxylic acid groups (broad SMARTS) is 2. The number of rotatable bonds is 5. The molecule has 0 spiro atoms. The van der Waals surface area contributed by atoms with E-state index < -0.39 is 34.6 Å². The van der Waals surface area contributed by atoms with Crippen LogP contribution in [0.2, 0.25) is 10.3 Å². The third kappa shape index (κ3) is 5.17. The van der Waals surface area contributed by atoms with Crippen molar-refractivity contribution in [3.8, 4) is 23.7 Å². The lowest BCUT2D eigenvalue weighted by Gasteiger charge is -2.23. The lowest BCUT2D eigenvalue weighted by molar-refractivity contribution is -0.158. The highest BCUT2D eigenvalue weighted by Gasteiger charge is 2.83. The van der Waals surface area contributed by atoms with Crippen molar-refractivity contribution in [2.75, 3.05) is 0 Å². The van der Waals surface area contributed by atoms with E-state index in [1.165, 1.54) is 0 Å². The largest absolute Gasteiger partial charge is 0.481 e. The number of hydrogen-bond donors (Lipinski definition) is 2. The van der Waals surface area contributed by atoms with Crippen molar-refractivity contribution in [2.45, 2.75) is 31.6 Å². The van der Waals surface area contributed by atoms with Crippen molar-refractivity contribution >= 4 is 35.1 Å². The molecule has 5 nitrogen and oxygen atoms in total. The van der Waals surface area contributed by atoms with Crippen LogP contribution in [0.3, 0.4) is 0 Å². The lowest BCUT2D eigenvalue weighted by Crippen LogP contribution is -2.36. The SMILES string of the molecule is Cc1ccccc1C#Cc1ccc(C2CC2(C(=O)O)C2(C(=O)O)CC2c2ccc(C#Cc3cc(Cl)nc(Cl)c3)cc2)cc1. The number of carbonyl (C=O) groups is 2. The average Bonchev–Trinajstić information content (AvgIpc) is 3.89. The van der Waals surface area contributed by atoms with Crippen LogP contribution < -0.4 is 0 Å². The van der Waals surface area contributed by atoms with Crippen LogP contribution in [-0.2, 0) is 9.59 Å². The number of aryl methyl sites for hydroxylation is 1. The number of carboxylic acids is 2. The predicted molar refractivity (Wildman–Crippen MR) is 165 cm³/mol. The minimum absolute atomic E-state index is 0.249. The molecule has 2 fully saturated rings. The van der Waals surface area contributed by atoms with Crippen LogP contribution in [0.25, 0.3) is 0 Å². The third-order valence-electron chi connectivity index (χ3n) is 8.71. The Balaban J connectivity index is 1.22. The van der Waals surface area contributed by atoms with Crippen molar-refractivity contribution < 1.29 is 19.8 Å². The fraction of sp³-hybridized carbons (Fsp3) is 0.194. The van der Waals surface area contributed by atoms with Crippen molar-refractivity contribution in [1.82, 2.24) is 4.98 Å². The zero-order valence-corrected chi connectivity index (χ0v) is 24.6. The predicted octanol–water partition coefficient (Wildman–Crippen LogP) is 7.31. The summed E-state index contributed by atoms with van der Waals surface area (Å²) in [6.45, 7) is 2.01. The van der Waals surface area contributed by atoms with Crippen LogP contribution in [0.1, 0.15) is 63.6 Å². The molecule has 0 aliphatic heterocycles. The topological polar surface area (TPSA) is 87.5 Å². The van der Waals surface area contributed by atoms with E-state index in [0.29, 0.717) is 5.56 Å². The minimum atomic E-state index is -1.38. The molecule has 43 heavy (non-hydrogen) atoms. The first-order valence-corrected chi connectivity index (χ1v) is 14.5. The van der Waals surface area contributed by atoms with E-state index in [0.717, 1.165) is 33.4 Å². The Kier molecular flexibility index (Phi) is 7.26. The summed E-state index contributed by atoms with van der Waals surface area (Å²) in [5.41, 5.74) is 3.04. The summed E-state index contributed by atoms with van der Waals surface area (Å²) in [5.74, 6) is 9.45. The van der Waals surface area contributed by atoms with E-state index in [2.05, 4.69) is 28.7 Å². The Bertz CT molecular complexity index is 1880. The summed E-state index contributed by atoms with van der Waals surface area (Å²) in [4.78, 5) is 29.5. The zero-order chi connectivity index (χ0) is 30.4. The van der Waals surface area contributed by atoms with Gasteiger partial charge in [-0.25, -0.2) is 4.98 Å². The number of benzene rings is 3. The molecule has 0 bridgehead atoms. The molecule has 4 aromatic rings. The van der Waals surface area contributed by atoms with Gasteiger partial charge in [0, 0.05) is 34.1 Å². The summed E-state index contributed by atoms with van der Waals surface area (Å²) < 4.78 is 0. The first kappa shape index (κ1) is 28.6. The minimum Gasteiger partial charge on any atom is -0.481 e. The van der Waals surface area contributed by atoms with Crippen molar-refractivity contribution in [2.24, 2.45) is 10.8 Å². The van der Waals surface area contributed by atoms with Gasteiger partial charge in [0.1, 0.15) is 10.3 Å². The first-order chi connectivity index (χ1) is 20.6. The number of halogens is 2. The van der Waals surface area contributed by atoms with Gasteiger partial charge < -0.3 is 10.2 Å². The summed E-state index contributed by atoms with van der Waals surface area (Å²) in [5, 5.41) is 21.4. The van der Waals surface area contributed by atoms with Crippen LogP contribution >= 0.6 is 23.2 Å². The quantitative estimate of drug-likeness (QED) is 0.184. The second-order valence-corrected chi connectivity index (χ2v) is 11.9. The van der Waals surface area contributed by atoms with Crippen molar-refractivity contribution in [3.05, 3.63) is 134 Å². The summed E-state index contributed by atoms with van der Waals surface area (Å²) in [6, 6.07) is 25.9. The number of nitrogens with zero attached hydrogens (tertiary/aromatic N) is 1. The van der Waals surface area contributed by atoms with E-state index in [1.54, 1.807) is 12.1 Å². The van der Waals surface area contributed by atoms with Gasteiger partial charge in [-0.3, -0.25) is 9.59 Å². The molecule has 1 heterocycles. The molecule has 7 heteroatoms. The second-order valence-electron chi connectivity index (χ2n) is 11.1. The molecule has 6 rings (SSSR count). The van der Waals surface area contributed by atoms with Gasteiger partial charge in [-0.05, 0) is 78.9 Å². The van der Waals surface area contributed by atoms with Gasteiger partial charge in [0.25, 0.3) is 0 Å². The fourth-order valence-corrected chi connectivity index (χ4v) is 6.76. The van der Waals surface area contributed by atoms with Crippen LogP contribution in [0.5, 0.6) is 0 Å². The highest BCUT2D eigenvalue weighted by atomic mass is 35.5. The Labute approximate surface area is 259 Å². The molecule has 0 amide bonds. The van der Waals surface area contributed by atoms with Gasteiger partial charge in [0.15, 0.2) is 0 Å². The molecule has 4 unspecified atom stereocenters. The Morgan fingerprint density at radius 3 is 1.60 bits per heavy atom. The maximum atomic E-state index is 12.8. The Morgan fingerprint density at radius 1 is 0.698 bits per heavy atom. The zero-order valence-electron chi connectivity index (χ0n) is 23.1. The van der Waals surface area contributed by atoms with Crippen molar-refractivity contribution in [1.29, 1.82) is 0 Å². The summed E-state index contributed by atoms with van der Waals surface area (Å²) >= 11 is 11.9. The smallest absolute Gasteiger partial charge is 0.311 e. The van der Waals surface area contributed by atoms with Gasteiger partial charge in [-0.2, -0.15) is 0 Å². The number of pyridine rings is 1. The van der Waals surface area contributed by atoms with Crippen molar-refractivity contribution in [3.63, 3.8) is 0 Å². The molecule has 2 N–H and O–H groups in total. The first-order valence-electron chi connectivity index (χ1n) is 13.7. The van der Waals surface area contributed by atoms with Gasteiger partial charge in [-0.1, -0.05) is 89.3 Å². The maximum Gasteiger partial charge on any atom is 0.311 e. The monoisotopic (exact) mass is 605 g/mol. The van der Waals surface area contributed by atoms with Crippen LogP contribution in [0.4, 0.5) is 0 Å². The Morgan fingerprint density at radius 2 is 1.14 bits per heavy atom. The molecule has 0 saturated heterocycles. The Hall–Kier alpha value is -4.55. The molecular formula is C36H25Cl2NO4. The molecule has 2 aliphatic rings. The van der Waals surface area contributed by atoms with Gasteiger partial charge >= 0.3 is 11.9 Å². The van der Waals surface area contributed by atoms with Gasteiger partial charge in [0.2, 0.25) is 0 Å². The number of hydrogen-bond acceptors (Lipinski definition) is 3. The van der Waals surface area contributed by atoms with Crippen LogP contribution in [0, 0.1) is 41.4 Å². The van der Waals surface area contributed by atoms with Crippen LogP contribution in [0.15, 0.2) is 84.9 Å². The lowest BCUT2D eigenvalue weighted by atomic mass is 9.78. The maximum absolute atomic E-state index is 12.8. The molecule has 0 radical (unpaired) electrons. The molecule has 4 atom stereocenters. The number of aromatic nitrogens is 1. The molecule has 2 aliphatic carbocycles. The van der Waals surface area contributed by atoms with Gasteiger partial charge in [-0.15, -0.1) is 0 Å². The van der Waals surface area contributed by atoms with E-state index in [9.17, 15) is 19.8 Å². The molecule has 1 aromatic heterocycles. The van der Waals surface area contributed by atoms with E-state index in [1.807, 2.05) is 79.7 Å². The summed E-state index contributed by atoms with van der Waals surface area (Å²) in [6.07, 6.45) is 0.546. The fourth-order valence-electron chi connectivity index (χ4n) is 6.30. The molecule has 212 valence electrons. The van der Waals surface area contributed by atoms with E-state index in [4.69, 9.17) is 23.2 Å². The normalized spacial score (nSPS) is 23.2. The standard InChI is InChI=1S/C36H25Cl2NO4/c1-22-4-2-3-5-26(22)13-8-24-11-16-28(17-12-24)30-21-36(30,34(42)43)35(33(40)41)20-29(35)27-14-9-23(10-15-27)6-7-25-18-31(37)39-32(38)19-25/h2-5,9-12,14-19,29-30H,20-21H2,1H3,(H,40,41)(H,42,43). The third-order valence-corrected chi connectivity index (χ3v) is 9.09. The van der Waals surface area contributed by atoms with E-state index in [-0.39, 0.29) is 23.1 Å². The average molecular weight is 607 g/mol. The number of aliphatic carboxylic acids is 2.